The molecule has 0 saturated carbocycles. The number of aliphatic imine (C=N–C) groups is 1. The van der Waals surface area contributed by atoms with Gasteiger partial charge in [0.1, 0.15) is 0 Å². The zero-order valence-corrected chi connectivity index (χ0v) is 20.3. The molecule has 0 radical (unpaired) electrons. The van der Waals surface area contributed by atoms with Crippen molar-refractivity contribution in [2.24, 2.45) is 12.0 Å². The average Bonchev–Trinajstić information content (AvgIpc) is 3.16. The number of ether oxygens (including phenoxy) is 2. The van der Waals surface area contributed by atoms with Gasteiger partial charge in [-0.05, 0) is 36.8 Å². The summed E-state index contributed by atoms with van der Waals surface area (Å²) in [6, 6.07) is 8.58. The largest absolute Gasteiger partial charge is 0.381 e. The molecule has 1 aromatic heterocycles. The lowest BCUT2D eigenvalue weighted by Gasteiger charge is -2.22. The maximum absolute atomic E-state index is 6.02. The Hall–Kier alpha value is -2.38. The van der Waals surface area contributed by atoms with Gasteiger partial charge in [-0.25, -0.2) is 4.99 Å². The van der Waals surface area contributed by atoms with Gasteiger partial charge in [0.15, 0.2) is 5.96 Å². The van der Waals surface area contributed by atoms with Gasteiger partial charge in [0, 0.05) is 52.2 Å². The summed E-state index contributed by atoms with van der Waals surface area (Å²) < 4.78 is 13.3. The van der Waals surface area contributed by atoms with Gasteiger partial charge in [-0.15, -0.1) is 0 Å². The van der Waals surface area contributed by atoms with E-state index in [4.69, 9.17) is 14.5 Å². The number of nitrogens with zero attached hydrogens (tertiary/aromatic N) is 4. The quantitative estimate of drug-likeness (QED) is 0.473. The highest BCUT2D eigenvalue weighted by molar-refractivity contribution is 5.79. The lowest BCUT2D eigenvalue weighted by atomic mass is 10.1. The van der Waals surface area contributed by atoms with Gasteiger partial charge in [-0.1, -0.05) is 38.1 Å². The molecule has 1 aliphatic heterocycles. The maximum Gasteiger partial charge on any atom is 0.194 e. The summed E-state index contributed by atoms with van der Waals surface area (Å²) in [4.78, 5) is 7.04. The normalized spacial score (nSPS) is 15.4. The fraction of sp³-hybridized carbons (Fsp3) is 0.600. The number of benzene rings is 1. The van der Waals surface area contributed by atoms with Crippen LogP contribution in [0.4, 0.5) is 0 Å². The van der Waals surface area contributed by atoms with Crippen molar-refractivity contribution in [3.05, 3.63) is 52.8 Å². The fourth-order valence-corrected chi connectivity index (χ4v) is 3.93. The highest BCUT2D eigenvalue weighted by Gasteiger charge is 2.16. The first-order valence-electron chi connectivity index (χ1n) is 11.7. The Morgan fingerprint density at radius 2 is 1.94 bits per heavy atom. The summed E-state index contributed by atoms with van der Waals surface area (Å²) in [6.45, 7) is 11.0. The van der Waals surface area contributed by atoms with Gasteiger partial charge in [-0.3, -0.25) is 4.68 Å². The third-order valence-corrected chi connectivity index (χ3v) is 5.68. The second kappa shape index (κ2) is 12.0. The number of aryl methyl sites for hydroxylation is 1. The van der Waals surface area contributed by atoms with Crippen molar-refractivity contribution in [1.29, 1.82) is 0 Å². The maximum atomic E-state index is 6.02. The second-order valence-electron chi connectivity index (χ2n) is 8.83. The molecule has 0 unspecified atom stereocenters. The van der Waals surface area contributed by atoms with Crippen molar-refractivity contribution in [2.75, 3.05) is 26.8 Å². The minimum Gasteiger partial charge on any atom is -0.381 e. The van der Waals surface area contributed by atoms with Gasteiger partial charge < -0.3 is 19.7 Å². The van der Waals surface area contributed by atoms with Crippen LogP contribution < -0.4 is 5.32 Å². The summed E-state index contributed by atoms with van der Waals surface area (Å²) in [5.74, 6) is 1.30. The molecule has 7 nitrogen and oxygen atoms in total. The van der Waals surface area contributed by atoms with Crippen LogP contribution in [0.2, 0.25) is 0 Å². The molecule has 7 heteroatoms. The predicted octanol–water partition coefficient (Wildman–Crippen LogP) is 3.84. The zero-order valence-electron chi connectivity index (χ0n) is 20.3. The highest BCUT2D eigenvalue weighted by Crippen LogP contribution is 2.19. The van der Waals surface area contributed by atoms with Crippen LogP contribution in [0.25, 0.3) is 0 Å². The minimum atomic E-state index is 0.322. The van der Waals surface area contributed by atoms with Crippen LogP contribution >= 0.6 is 0 Å². The first-order chi connectivity index (χ1) is 15.5. The molecule has 3 rings (SSSR count). The molecule has 32 heavy (non-hydrogen) atoms. The Bertz CT molecular complexity index is 854. The number of nitrogens with one attached hydrogen (secondary N) is 1. The highest BCUT2D eigenvalue weighted by atomic mass is 16.5. The van der Waals surface area contributed by atoms with E-state index in [0.717, 1.165) is 50.8 Å². The van der Waals surface area contributed by atoms with Gasteiger partial charge in [0.25, 0.3) is 0 Å². The van der Waals surface area contributed by atoms with E-state index in [9.17, 15) is 0 Å². The molecule has 2 aromatic rings. The van der Waals surface area contributed by atoms with E-state index >= 15 is 0 Å². The third kappa shape index (κ3) is 7.07. The van der Waals surface area contributed by atoms with Gasteiger partial charge >= 0.3 is 0 Å². The first kappa shape index (κ1) is 24.3. The van der Waals surface area contributed by atoms with Crippen molar-refractivity contribution < 1.29 is 9.47 Å². The number of hydrogen-bond acceptors (Lipinski definition) is 4. The van der Waals surface area contributed by atoms with Gasteiger partial charge in [-0.2, -0.15) is 5.10 Å². The lowest BCUT2D eigenvalue weighted by molar-refractivity contribution is -0.0390. The van der Waals surface area contributed by atoms with Crippen molar-refractivity contribution in [3.63, 3.8) is 0 Å². The molecule has 0 amide bonds. The molecule has 176 valence electrons. The lowest BCUT2D eigenvalue weighted by Crippen LogP contribution is -2.38. The molecule has 1 saturated heterocycles. The van der Waals surface area contributed by atoms with Crippen LogP contribution in [0.15, 0.2) is 35.5 Å². The second-order valence-corrected chi connectivity index (χ2v) is 8.83. The number of aromatic nitrogens is 2. The topological polar surface area (TPSA) is 63.9 Å². The summed E-state index contributed by atoms with van der Waals surface area (Å²) in [5, 5.41) is 8.04. The Labute approximate surface area is 192 Å². The molecule has 2 heterocycles. The molecule has 1 fully saturated rings. The number of guanidine groups is 1. The van der Waals surface area contributed by atoms with Crippen molar-refractivity contribution >= 4 is 5.96 Å². The van der Waals surface area contributed by atoms with Gasteiger partial charge in [0.05, 0.1) is 24.9 Å². The van der Waals surface area contributed by atoms with E-state index < -0.39 is 0 Å². The van der Waals surface area contributed by atoms with E-state index in [1.807, 2.05) is 11.7 Å². The van der Waals surface area contributed by atoms with Crippen molar-refractivity contribution in [1.82, 2.24) is 20.0 Å². The van der Waals surface area contributed by atoms with Crippen LogP contribution in [-0.2, 0) is 36.2 Å². The van der Waals surface area contributed by atoms with E-state index in [0.29, 0.717) is 25.2 Å². The predicted molar refractivity (Wildman–Crippen MR) is 129 cm³/mol. The fourth-order valence-electron chi connectivity index (χ4n) is 3.93. The van der Waals surface area contributed by atoms with E-state index in [2.05, 4.69) is 73.6 Å². The van der Waals surface area contributed by atoms with Crippen molar-refractivity contribution in [2.45, 2.75) is 65.3 Å². The van der Waals surface area contributed by atoms with Crippen LogP contribution in [0.5, 0.6) is 0 Å². The standard InChI is InChI=1S/C25H39N5O2/c1-6-26-25(29(4)16-22-17-30(5)28-24(22)19(2)3)27-15-20-7-9-21(10-8-20)18-32-23-11-13-31-14-12-23/h7-10,17,19,23H,6,11-16,18H2,1-5H3,(H,26,27). The van der Waals surface area contributed by atoms with E-state index in [-0.39, 0.29) is 0 Å². The molecule has 0 spiro atoms. The summed E-state index contributed by atoms with van der Waals surface area (Å²) in [7, 11) is 4.06. The number of rotatable bonds is 9. The van der Waals surface area contributed by atoms with Gasteiger partial charge in [0.2, 0.25) is 0 Å². The Balaban J connectivity index is 1.58. The summed E-state index contributed by atoms with van der Waals surface area (Å²) in [5.41, 5.74) is 4.78. The molecule has 1 aliphatic rings. The molecular formula is C25H39N5O2. The smallest absolute Gasteiger partial charge is 0.194 e. The van der Waals surface area contributed by atoms with Crippen molar-refractivity contribution in [3.8, 4) is 0 Å². The van der Waals surface area contributed by atoms with Crippen LogP contribution in [-0.4, -0.2) is 53.6 Å². The Morgan fingerprint density at radius 1 is 1.25 bits per heavy atom. The summed E-state index contributed by atoms with van der Waals surface area (Å²) >= 11 is 0. The number of hydrogen-bond donors (Lipinski definition) is 1. The molecule has 1 aromatic carbocycles. The molecule has 0 bridgehead atoms. The Morgan fingerprint density at radius 3 is 2.59 bits per heavy atom. The third-order valence-electron chi connectivity index (χ3n) is 5.68. The molecule has 0 atom stereocenters. The van der Waals surface area contributed by atoms with E-state index in [1.54, 1.807) is 0 Å². The average molecular weight is 442 g/mol. The molecule has 0 aliphatic carbocycles. The first-order valence-corrected chi connectivity index (χ1v) is 11.7. The van der Waals surface area contributed by atoms with Crippen LogP contribution in [0, 0.1) is 0 Å². The summed E-state index contributed by atoms with van der Waals surface area (Å²) in [6.07, 6.45) is 4.41. The molecule has 1 N–H and O–H groups in total. The SMILES string of the molecule is CCNC(=NCc1ccc(COC2CCOCC2)cc1)N(C)Cc1cn(C)nc1C(C)C. The zero-order chi connectivity index (χ0) is 22.9. The monoisotopic (exact) mass is 441 g/mol. The van der Waals surface area contributed by atoms with E-state index in [1.165, 1.54) is 16.7 Å². The Kier molecular flexibility index (Phi) is 9.11. The van der Waals surface area contributed by atoms with Crippen LogP contribution in [0.1, 0.15) is 61.9 Å². The minimum absolute atomic E-state index is 0.322. The van der Waals surface area contributed by atoms with Crippen LogP contribution in [0.3, 0.4) is 0 Å². The molecular weight excluding hydrogens is 402 g/mol.